The SMILES string of the molecule is C=C(C)[C@H](C)F. The summed E-state index contributed by atoms with van der Waals surface area (Å²) in [6.07, 6.45) is -0.843. The Balaban J connectivity index is 3.26. The lowest BCUT2D eigenvalue weighted by Crippen LogP contribution is -1.89. The molecule has 0 fully saturated rings. The molecular weight excluding hydrogens is 79.1 g/mol. The fourth-order valence-corrected chi connectivity index (χ4v) is 0. The summed E-state index contributed by atoms with van der Waals surface area (Å²) in [5, 5.41) is 0. The van der Waals surface area contributed by atoms with Gasteiger partial charge >= 0.3 is 0 Å². The van der Waals surface area contributed by atoms with Crippen LogP contribution in [0, 0.1) is 0 Å². The first-order valence-corrected chi connectivity index (χ1v) is 1.94. The van der Waals surface area contributed by atoms with Crippen LogP contribution in [0.15, 0.2) is 12.2 Å². The Bertz CT molecular complexity index is 55.0. The molecule has 0 bridgehead atoms. The Morgan fingerprint density at radius 3 is 2.00 bits per heavy atom. The van der Waals surface area contributed by atoms with Gasteiger partial charge in [0, 0.05) is 0 Å². The first-order valence-electron chi connectivity index (χ1n) is 1.94. The zero-order valence-corrected chi connectivity index (χ0v) is 4.16. The van der Waals surface area contributed by atoms with E-state index in [1.165, 1.54) is 6.92 Å². The summed E-state index contributed by atoms with van der Waals surface area (Å²) in [7, 11) is 0. The Labute approximate surface area is 37.7 Å². The van der Waals surface area contributed by atoms with Crippen molar-refractivity contribution in [2.45, 2.75) is 20.0 Å². The highest BCUT2D eigenvalue weighted by molar-refractivity contribution is 4.93. The van der Waals surface area contributed by atoms with E-state index in [2.05, 4.69) is 6.58 Å². The number of rotatable bonds is 1. The predicted octanol–water partition coefficient (Wildman–Crippen LogP) is 1.92. The summed E-state index contributed by atoms with van der Waals surface area (Å²) in [5.41, 5.74) is 0.593. The van der Waals surface area contributed by atoms with Gasteiger partial charge in [0.15, 0.2) is 0 Å². The molecule has 0 rings (SSSR count). The second kappa shape index (κ2) is 1.96. The maximum atomic E-state index is 11.7. The van der Waals surface area contributed by atoms with Gasteiger partial charge in [-0.2, -0.15) is 0 Å². The molecule has 36 valence electrons. The molecule has 0 aliphatic carbocycles. The summed E-state index contributed by atoms with van der Waals surface area (Å²) in [6.45, 7) is 6.53. The van der Waals surface area contributed by atoms with Crippen LogP contribution in [0.25, 0.3) is 0 Å². The predicted molar refractivity (Wildman–Crippen MR) is 25.4 cm³/mol. The molecule has 0 aliphatic rings. The quantitative estimate of drug-likeness (QED) is 0.429. The van der Waals surface area contributed by atoms with E-state index in [0.29, 0.717) is 5.57 Å². The summed E-state index contributed by atoms with van der Waals surface area (Å²) >= 11 is 0. The van der Waals surface area contributed by atoms with Crippen molar-refractivity contribution >= 4 is 0 Å². The average molecular weight is 88.1 g/mol. The molecule has 0 unspecified atom stereocenters. The number of hydrogen-bond donors (Lipinski definition) is 0. The minimum absolute atomic E-state index is 0.593. The van der Waals surface area contributed by atoms with Gasteiger partial charge in [-0.25, -0.2) is 4.39 Å². The third kappa shape index (κ3) is 1.94. The molecule has 0 aliphatic heterocycles. The second-order valence-electron chi connectivity index (χ2n) is 1.46. The van der Waals surface area contributed by atoms with Crippen LogP contribution in [0.2, 0.25) is 0 Å². The van der Waals surface area contributed by atoms with Gasteiger partial charge in [-0.15, -0.1) is 0 Å². The Hall–Kier alpha value is -0.330. The summed E-state index contributed by atoms with van der Waals surface area (Å²) < 4.78 is 11.7. The van der Waals surface area contributed by atoms with Crippen LogP contribution in [0.4, 0.5) is 4.39 Å². The molecule has 6 heavy (non-hydrogen) atoms. The van der Waals surface area contributed by atoms with Crippen molar-refractivity contribution < 1.29 is 4.39 Å². The van der Waals surface area contributed by atoms with Crippen molar-refractivity contribution in [1.29, 1.82) is 0 Å². The summed E-state index contributed by atoms with van der Waals surface area (Å²) in [5.74, 6) is 0. The second-order valence-corrected chi connectivity index (χ2v) is 1.46. The van der Waals surface area contributed by atoms with Crippen molar-refractivity contribution in [3.05, 3.63) is 12.2 Å². The molecular formula is C5H9F. The Morgan fingerprint density at radius 2 is 2.00 bits per heavy atom. The minimum Gasteiger partial charge on any atom is -0.243 e. The van der Waals surface area contributed by atoms with Gasteiger partial charge in [0.25, 0.3) is 0 Å². The van der Waals surface area contributed by atoms with Gasteiger partial charge in [-0.1, -0.05) is 6.58 Å². The largest absolute Gasteiger partial charge is 0.243 e. The fraction of sp³-hybridized carbons (Fsp3) is 0.600. The Kier molecular flexibility index (Phi) is 1.85. The zero-order chi connectivity index (χ0) is 5.15. The molecule has 0 heterocycles. The smallest absolute Gasteiger partial charge is 0.118 e. The normalized spacial score (nSPS) is 13.8. The highest BCUT2D eigenvalue weighted by Crippen LogP contribution is 1.98. The van der Waals surface area contributed by atoms with Crippen molar-refractivity contribution in [2.24, 2.45) is 0 Å². The van der Waals surface area contributed by atoms with E-state index in [-0.39, 0.29) is 0 Å². The van der Waals surface area contributed by atoms with Crippen LogP contribution >= 0.6 is 0 Å². The van der Waals surface area contributed by atoms with Gasteiger partial charge < -0.3 is 0 Å². The summed E-state index contributed by atoms with van der Waals surface area (Å²) in [6, 6.07) is 0. The fourth-order valence-electron chi connectivity index (χ4n) is 0. The molecule has 0 aromatic rings. The molecule has 0 N–H and O–H groups in total. The lowest BCUT2D eigenvalue weighted by molar-refractivity contribution is 0.412. The van der Waals surface area contributed by atoms with Crippen molar-refractivity contribution in [1.82, 2.24) is 0 Å². The van der Waals surface area contributed by atoms with Crippen molar-refractivity contribution in [3.63, 3.8) is 0 Å². The molecule has 0 saturated carbocycles. The van der Waals surface area contributed by atoms with Gasteiger partial charge in [0.05, 0.1) is 0 Å². The van der Waals surface area contributed by atoms with Crippen LogP contribution in [0.1, 0.15) is 13.8 Å². The molecule has 0 amide bonds. The van der Waals surface area contributed by atoms with E-state index in [1.54, 1.807) is 6.92 Å². The molecule has 1 heteroatoms. The number of hydrogen-bond acceptors (Lipinski definition) is 0. The number of allylic oxidation sites excluding steroid dienone is 1. The van der Waals surface area contributed by atoms with E-state index in [1.807, 2.05) is 0 Å². The van der Waals surface area contributed by atoms with Gasteiger partial charge in [0.1, 0.15) is 6.17 Å². The van der Waals surface area contributed by atoms with E-state index in [0.717, 1.165) is 0 Å². The Morgan fingerprint density at radius 1 is 1.83 bits per heavy atom. The first kappa shape index (κ1) is 5.67. The molecule has 0 spiro atoms. The lowest BCUT2D eigenvalue weighted by Gasteiger charge is -1.93. The topological polar surface area (TPSA) is 0 Å². The molecule has 0 aromatic carbocycles. The highest BCUT2D eigenvalue weighted by Gasteiger charge is 1.92. The van der Waals surface area contributed by atoms with E-state index in [9.17, 15) is 4.39 Å². The highest BCUT2D eigenvalue weighted by atomic mass is 19.1. The van der Waals surface area contributed by atoms with Gasteiger partial charge in [0.2, 0.25) is 0 Å². The number of alkyl halides is 1. The van der Waals surface area contributed by atoms with Crippen LogP contribution < -0.4 is 0 Å². The molecule has 1 atom stereocenters. The van der Waals surface area contributed by atoms with Gasteiger partial charge in [-0.3, -0.25) is 0 Å². The lowest BCUT2D eigenvalue weighted by atomic mass is 10.2. The van der Waals surface area contributed by atoms with Gasteiger partial charge in [-0.05, 0) is 19.4 Å². The van der Waals surface area contributed by atoms with E-state index in [4.69, 9.17) is 0 Å². The number of halogens is 1. The van der Waals surface area contributed by atoms with Crippen LogP contribution in [0.3, 0.4) is 0 Å². The third-order valence-electron chi connectivity index (χ3n) is 0.679. The minimum atomic E-state index is -0.843. The maximum absolute atomic E-state index is 11.7. The van der Waals surface area contributed by atoms with E-state index < -0.39 is 6.17 Å². The zero-order valence-electron chi connectivity index (χ0n) is 4.16. The van der Waals surface area contributed by atoms with Crippen LogP contribution in [0.5, 0.6) is 0 Å². The molecule has 0 nitrogen and oxygen atoms in total. The van der Waals surface area contributed by atoms with Crippen LogP contribution in [-0.2, 0) is 0 Å². The third-order valence-corrected chi connectivity index (χ3v) is 0.679. The average Bonchev–Trinajstić information content (AvgIpc) is 1.36. The summed E-state index contributed by atoms with van der Waals surface area (Å²) in [4.78, 5) is 0. The van der Waals surface area contributed by atoms with E-state index >= 15 is 0 Å². The standard InChI is InChI=1S/C5H9F/c1-4(2)5(3)6/h5H,1H2,2-3H3/t5-/m0/s1. The first-order chi connectivity index (χ1) is 2.64. The molecule has 0 aromatic heterocycles. The monoisotopic (exact) mass is 88.1 g/mol. The van der Waals surface area contributed by atoms with Crippen molar-refractivity contribution in [3.8, 4) is 0 Å². The van der Waals surface area contributed by atoms with Crippen LogP contribution in [-0.4, -0.2) is 6.17 Å². The molecule has 0 radical (unpaired) electrons. The molecule has 0 saturated heterocycles. The maximum Gasteiger partial charge on any atom is 0.118 e. The van der Waals surface area contributed by atoms with Crippen molar-refractivity contribution in [2.75, 3.05) is 0 Å².